The fraction of sp³-hybridized carbons (Fsp3) is 0.500. The molecule has 1 fully saturated rings. The highest BCUT2D eigenvalue weighted by Gasteiger charge is 2.28. The minimum atomic E-state index is -0.554. The van der Waals surface area contributed by atoms with Crippen LogP contribution in [0.25, 0.3) is 0 Å². The standard InChI is InChI=1S/C14H22N4O3/c1-4-5-12(15-3)17-8-9-18(11(2)10-17)14(20)7-6-13(19)16-21/h4-5,11,21H,1,3,6-10H2,2H3,(H,16,19)/b12-5+. The molecule has 0 aliphatic carbocycles. The first-order valence-corrected chi connectivity index (χ1v) is 6.80. The molecular weight excluding hydrogens is 272 g/mol. The lowest BCUT2D eigenvalue weighted by atomic mass is 10.1. The Hall–Kier alpha value is -2.15. The number of rotatable bonds is 6. The minimum absolute atomic E-state index is 0.0124. The number of hydroxylamine groups is 1. The minimum Gasteiger partial charge on any atom is -0.353 e. The van der Waals surface area contributed by atoms with Crippen molar-refractivity contribution in [2.45, 2.75) is 25.8 Å². The van der Waals surface area contributed by atoms with Crippen LogP contribution in [0.5, 0.6) is 0 Å². The lowest BCUT2D eigenvalue weighted by Crippen LogP contribution is -2.53. The summed E-state index contributed by atoms with van der Waals surface area (Å²) >= 11 is 0. The van der Waals surface area contributed by atoms with Crippen LogP contribution in [0.4, 0.5) is 0 Å². The van der Waals surface area contributed by atoms with Crippen molar-refractivity contribution < 1.29 is 14.8 Å². The predicted octanol–water partition coefficient (Wildman–Crippen LogP) is 0.533. The van der Waals surface area contributed by atoms with Crippen molar-refractivity contribution in [2.75, 3.05) is 19.6 Å². The van der Waals surface area contributed by atoms with Gasteiger partial charge in [-0.1, -0.05) is 12.7 Å². The van der Waals surface area contributed by atoms with Crippen molar-refractivity contribution in [3.8, 4) is 0 Å². The van der Waals surface area contributed by atoms with Crippen molar-refractivity contribution in [2.24, 2.45) is 4.99 Å². The van der Waals surface area contributed by atoms with Crippen LogP contribution in [0, 0.1) is 0 Å². The average molecular weight is 294 g/mol. The quantitative estimate of drug-likeness (QED) is 0.324. The van der Waals surface area contributed by atoms with Crippen LogP contribution in [0.15, 0.2) is 29.5 Å². The van der Waals surface area contributed by atoms with Gasteiger partial charge in [0.2, 0.25) is 11.8 Å². The fourth-order valence-corrected chi connectivity index (χ4v) is 2.32. The summed E-state index contributed by atoms with van der Waals surface area (Å²) in [5.74, 6) is 0.0943. The molecule has 116 valence electrons. The number of hydrogen-bond acceptors (Lipinski definition) is 5. The number of aliphatic imine (C=N–C) groups is 1. The van der Waals surface area contributed by atoms with Gasteiger partial charge in [-0.3, -0.25) is 14.8 Å². The molecule has 0 aromatic rings. The van der Waals surface area contributed by atoms with E-state index in [1.165, 1.54) is 5.48 Å². The molecule has 21 heavy (non-hydrogen) atoms. The lowest BCUT2D eigenvalue weighted by Gasteiger charge is -2.40. The van der Waals surface area contributed by atoms with E-state index in [0.29, 0.717) is 19.6 Å². The molecule has 1 rings (SSSR count). The number of carbonyl (C=O) groups is 2. The summed E-state index contributed by atoms with van der Waals surface area (Å²) in [4.78, 5) is 30.8. The van der Waals surface area contributed by atoms with E-state index >= 15 is 0 Å². The van der Waals surface area contributed by atoms with Gasteiger partial charge in [0.05, 0.1) is 0 Å². The Labute approximate surface area is 124 Å². The van der Waals surface area contributed by atoms with E-state index in [9.17, 15) is 9.59 Å². The van der Waals surface area contributed by atoms with E-state index < -0.39 is 5.91 Å². The zero-order valence-electron chi connectivity index (χ0n) is 12.3. The molecule has 0 radical (unpaired) electrons. The van der Waals surface area contributed by atoms with E-state index in [0.717, 1.165) is 5.82 Å². The first kappa shape index (κ1) is 16.9. The van der Waals surface area contributed by atoms with E-state index in [2.05, 4.69) is 18.3 Å². The first-order valence-electron chi connectivity index (χ1n) is 6.80. The summed E-state index contributed by atoms with van der Waals surface area (Å²) in [6, 6.07) is 0.0124. The number of nitrogens with zero attached hydrogens (tertiary/aromatic N) is 3. The Morgan fingerprint density at radius 3 is 2.67 bits per heavy atom. The average Bonchev–Trinajstić information content (AvgIpc) is 2.49. The van der Waals surface area contributed by atoms with Crippen molar-refractivity contribution in [1.82, 2.24) is 15.3 Å². The van der Waals surface area contributed by atoms with Crippen LogP contribution in [0.2, 0.25) is 0 Å². The third-order valence-electron chi connectivity index (χ3n) is 3.39. The van der Waals surface area contributed by atoms with Crippen LogP contribution in [-0.2, 0) is 9.59 Å². The van der Waals surface area contributed by atoms with Crippen molar-refractivity contribution >= 4 is 18.5 Å². The van der Waals surface area contributed by atoms with E-state index in [-0.39, 0.29) is 24.8 Å². The molecule has 0 spiro atoms. The fourth-order valence-electron chi connectivity index (χ4n) is 2.32. The Bertz CT molecular complexity index is 448. The van der Waals surface area contributed by atoms with Crippen LogP contribution in [0.3, 0.4) is 0 Å². The highest BCUT2D eigenvalue weighted by molar-refractivity contribution is 5.83. The number of amides is 2. The Balaban J connectivity index is 2.58. The van der Waals surface area contributed by atoms with Crippen molar-refractivity contribution in [3.05, 3.63) is 24.6 Å². The molecule has 1 atom stereocenters. The van der Waals surface area contributed by atoms with E-state index in [4.69, 9.17) is 5.21 Å². The van der Waals surface area contributed by atoms with Gasteiger partial charge < -0.3 is 9.80 Å². The topological polar surface area (TPSA) is 85.2 Å². The first-order chi connectivity index (χ1) is 10.0. The van der Waals surface area contributed by atoms with Gasteiger partial charge in [0.15, 0.2) is 0 Å². The molecule has 1 saturated heterocycles. The molecule has 0 aromatic carbocycles. The largest absolute Gasteiger partial charge is 0.353 e. The zero-order chi connectivity index (χ0) is 15.8. The summed E-state index contributed by atoms with van der Waals surface area (Å²) in [5.41, 5.74) is 1.52. The van der Waals surface area contributed by atoms with Gasteiger partial charge >= 0.3 is 0 Å². The number of hydrogen-bond donors (Lipinski definition) is 2. The van der Waals surface area contributed by atoms with Crippen molar-refractivity contribution in [1.29, 1.82) is 0 Å². The van der Waals surface area contributed by atoms with Gasteiger partial charge in [-0.25, -0.2) is 10.5 Å². The molecule has 2 N–H and O–H groups in total. The van der Waals surface area contributed by atoms with Gasteiger partial charge in [-0.2, -0.15) is 0 Å². The Morgan fingerprint density at radius 2 is 2.14 bits per heavy atom. The summed E-state index contributed by atoms with van der Waals surface area (Å²) in [7, 11) is 0. The molecular formula is C14H22N4O3. The molecule has 2 amide bonds. The summed E-state index contributed by atoms with van der Waals surface area (Å²) in [5, 5.41) is 8.42. The second kappa shape index (κ2) is 8.21. The van der Waals surface area contributed by atoms with Crippen LogP contribution in [0.1, 0.15) is 19.8 Å². The third kappa shape index (κ3) is 4.71. The molecule has 7 nitrogen and oxygen atoms in total. The molecule has 0 bridgehead atoms. The normalized spacial score (nSPS) is 19.1. The van der Waals surface area contributed by atoms with Crippen LogP contribution >= 0.6 is 0 Å². The molecule has 1 aliphatic heterocycles. The highest BCUT2D eigenvalue weighted by atomic mass is 16.5. The second-order valence-corrected chi connectivity index (χ2v) is 4.84. The van der Waals surface area contributed by atoms with Gasteiger partial charge in [-0.15, -0.1) is 0 Å². The number of carbonyl (C=O) groups excluding carboxylic acids is 2. The summed E-state index contributed by atoms with van der Waals surface area (Å²) in [6.07, 6.45) is 3.51. The molecule has 0 saturated carbocycles. The second-order valence-electron chi connectivity index (χ2n) is 4.84. The highest BCUT2D eigenvalue weighted by Crippen LogP contribution is 2.16. The van der Waals surface area contributed by atoms with E-state index in [1.54, 1.807) is 17.1 Å². The van der Waals surface area contributed by atoms with Crippen LogP contribution < -0.4 is 5.48 Å². The van der Waals surface area contributed by atoms with Gasteiger partial charge in [-0.05, 0) is 19.7 Å². The molecule has 1 unspecified atom stereocenters. The van der Waals surface area contributed by atoms with E-state index in [1.807, 2.05) is 11.8 Å². The SMILES string of the molecule is C=C/C=C(\N=C)N1CCN(C(=O)CCC(=O)NO)C(C)C1. The molecule has 1 aliphatic rings. The van der Waals surface area contributed by atoms with Gasteiger partial charge in [0, 0.05) is 38.5 Å². The lowest BCUT2D eigenvalue weighted by molar-refractivity contribution is -0.138. The number of nitrogens with one attached hydrogen (secondary N) is 1. The number of piperazine rings is 1. The third-order valence-corrected chi connectivity index (χ3v) is 3.39. The monoisotopic (exact) mass is 294 g/mol. The Morgan fingerprint density at radius 1 is 1.43 bits per heavy atom. The summed E-state index contributed by atoms with van der Waals surface area (Å²) < 4.78 is 0. The summed E-state index contributed by atoms with van der Waals surface area (Å²) in [6.45, 7) is 11.0. The van der Waals surface area contributed by atoms with Crippen LogP contribution in [-0.4, -0.2) is 59.2 Å². The zero-order valence-corrected chi connectivity index (χ0v) is 12.3. The Kier molecular flexibility index (Phi) is 6.61. The maximum atomic E-state index is 12.1. The molecule has 1 heterocycles. The smallest absolute Gasteiger partial charge is 0.243 e. The maximum absolute atomic E-state index is 12.1. The van der Waals surface area contributed by atoms with Gasteiger partial charge in [0.25, 0.3) is 0 Å². The van der Waals surface area contributed by atoms with Gasteiger partial charge in [0.1, 0.15) is 5.82 Å². The maximum Gasteiger partial charge on any atom is 0.243 e. The molecule has 0 aromatic heterocycles. The van der Waals surface area contributed by atoms with Crippen molar-refractivity contribution in [3.63, 3.8) is 0 Å². The molecule has 7 heteroatoms. The number of allylic oxidation sites excluding steroid dienone is 2. The predicted molar refractivity (Wildman–Crippen MR) is 79.7 cm³/mol.